The van der Waals surface area contributed by atoms with E-state index in [1.54, 1.807) is 48.5 Å². The van der Waals surface area contributed by atoms with E-state index in [9.17, 15) is 14.4 Å². The van der Waals surface area contributed by atoms with E-state index in [1.165, 1.54) is 0 Å². The summed E-state index contributed by atoms with van der Waals surface area (Å²) in [6.07, 6.45) is 1.96. The third kappa shape index (κ3) is 12.1. The maximum Gasteiger partial charge on any atom is 0.407 e. The van der Waals surface area contributed by atoms with Crippen LogP contribution >= 0.6 is 0 Å². The highest BCUT2D eigenvalue weighted by atomic mass is 16.6. The number of hydrogen-bond donors (Lipinski definition) is 1. The zero-order valence-electron chi connectivity index (χ0n) is 21.3. The summed E-state index contributed by atoms with van der Waals surface area (Å²) in [5.74, 6) is 5.26. The second kappa shape index (κ2) is 15.3. The fourth-order valence-corrected chi connectivity index (χ4v) is 3.06. The summed E-state index contributed by atoms with van der Waals surface area (Å²) in [5.41, 5.74) is 0.428. The molecule has 2 aromatic carbocycles. The summed E-state index contributed by atoms with van der Waals surface area (Å²) < 4.78 is 16.1. The topological polar surface area (TPSA) is 90.9 Å². The number of carbonyl (C=O) groups excluding carboxylic acids is 3. The van der Waals surface area contributed by atoms with Crippen LogP contribution in [-0.2, 0) is 14.2 Å². The van der Waals surface area contributed by atoms with E-state index in [1.807, 2.05) is 32.9 Å². The van der Waals surface area contributed by atoms with Gasteiger partial charge in [-0.05, 0) is 70.7 Å². The van der Waals surface area contributed by atoms with Crippen molar-refractivity contribution in [2.24, 2.45) is 0 Å². The Balaban J connectivity index is 1.79. The van der Waals surface area contributed by atoms with Crippen LogP contribution in [0.1, 0.15) is 73.6 Å². The highest BCUT2D eigenvalue weighted by molar-refractivity contribution is 5.89. The average molecular weight is 494 g/mol. The number of carbonyl (C=O) groups is 3. The lowest BCUT2D eigenvalue weighted by Crippen LogP contribution is -2.33. The van der Waals surface area contributed by atoms with Gasteiger partial charge in [0.15, 0.2) is 6.10 Å². The van der Waals surface area contributed by atoms with Gasteiger partial charge in [0, 0.05) is 13.0 Å². The van der Waals surface area contributed by atoms with Crippen molar-refractivity contribution >= 4 is 18.0 Å². The predicted octanol–water partition coefficient (Wildman–Crippen LogP) is 5.55. The Morgan fingerprint density at radius 1 is 0.861 bits per heavy atom. The molecular weight excluding hydrogens is 458 g/mol. The third-order valence-corrected chi connectivity index (χ3v) is 4.77. The number of ether oxygens (including phenoxy) is 3. The Morgan fingerprint density at radius 3 is 2.08 bits per heavy atom. The molecule has 0 saturated heterocycles. The van der Waals surface area contributed by atoms with Gasteiger partial charge < -0.3 is 19.5 Å². The molecule has 0 aromatic heterocycles. The quantitative estimate of drug-likeness (QED) is 0.191. The highest BCUT2D eigenvalue weighted by Crippen LogP contribution is 2.10. The molecule has 0 aliphatic carbocycles. The molecule has 0 radical (unpaired) electrons. The molecular formula is C29H35NO6. The Labute approximate surface area is 213 Å². The lowest BCUT2D eigenvalue weighted by molar-refractivity contribution is 0.0391. The first-order valence-electron chi connectivity index (χ1n) is 12.2. The number of benzene rings is 2. The van der Waals surface area contributed by atoms with Crippen LogP contribution in [-0.4, -0.2) is 42.9 Å². The van der Waals surface area contributed by atoms with Crippen LogP contribution in [0.25, 0.3) is 0 Å². The summed E-state index contributed by atoms with van der Waals surface area (Å²) >= 11 is 0. The van der Waals surface area contributed by atoms with Crippen molar-refractivity contribution in [2.45, 2.75) is 64.6 Å². The van der Waals surface area contributed by atoms with Crippen molar-refractivity contribution in [3.05, 3.63) is 71.8 Å². The van der Waals surface area contributed by atoms with E-state index >= 15 is 0 Å². The van der Waals surface area contributed by atoms with Gasteiger partial charge in [0.05, 0.1) is 17.7 Å². The summed E-state index contributed by atoms with van der Waals surface area (Å²) in [6, 6.07) is 17.6. The van der Waals surface area contributed by atoms with Crippen LogP contribution in [0.15, 0.2) is 60.7 Å². The molecule has 192 valence electrons. The van der Waals surface area contributed by atoms with Crippen LogP contribution < -0.4 is 5.32 Å². The van der Waals surface area contributed by atoms with E-state index in [4.69, 9.17) is 14.2 Å². The second-order valence-electron chi connectivity index (χ2n) is 9.11. The maximum atomic E-state index is 12.5. The van der Waals surface area contributed by atoms with Crippen molar-refractivity contribution in [3.8, 4) is 11.8 Å². The SMILES string of the molecule is CC(C)(C)OC(=O)NCCCCC(C#CCCCOC(=O)c1ccccc1)OC(=O)c1ccccc1. The van der Waals surface area contributed by atoms with Crippen LogP contribution in [0.3, 0.4) is 0 Å². The van der Waals surface area contributed by atoms with Gasteiger partial charge in [0.25, 0.3) is 0 Å². The molecule has 7 nitrogen and oxygen atoms in total. The molecule has 0 aliphatic rings. The molecule has 1 amide bonds. The zero-order chi connectivity index (χ0) is 26.2. The summed E-state index contributed by atoms with van der Waals surface area (Å²) in [4.78, 5) is 36.2. The van der Waals surface area contributed by atoms with E-state index in [2.05, 4.69) is 17.2 Å². The standard InChI is InChI=1S/C29H35NO6/c1-29(2,3)36-28(33)30-21-13-12-20-25(35-27(32)24-17-9-5-10-18-24)19-11-6-14-22-34-26(31)23-15-7-4-8-16-23/h4-5,7-10,15-18,25H,6,12-14,20-22H2,1-3H3,(H,30,33). The first kappa shape index (κ1) is 28.4. The summed E-state index contributed by atoms with van der Waals surface area (Å²) in [6.45, 7) is 6.14. The van der Waals surface area contributed by atoms with Crippen molar-refractivity contribution in [3.63, 3.8) is 0 Å². The van der Waals surface area contributed by atoms with Gasteiger partial charge in [0.2, 0.25) is 0 Å². The normalized spacial score (nSPS) is 11.4. The molecule has 0 heterocycles. The lowest BCUT2D eigenvalue weighted by Gasteiger charge is -2.19. The monoisotopic (exact) mass is 493 g/mol. The number of hydrogen-bond acceptors (Lipinski definition) is 6. The Morgan fingerprint density at radius 2 is 1.47 bits per heavy atom. The van der Waals surface area contributed by atoms with E-state index in [0.717, 1.165) is 0 Å². The minimum absolute atomic E-state index is 0.257. The van der Waals surface area contributed by atoms with Gasteiger partial charge in [-0.1, -0.05) is 48.2 Å². The molecule has 0 fully saturated rings. The smallest absolute Gasteiger partial charge is 0.407 e. The van der Waals surface area contributed by atoms with Crippen LogP contribution in [0.4, 0.5) is 4.79 Å². The van der Waals surface area contributed by atoms with Gasteiger partial charge in [-0.25, -0.2) is 14.4 Å². The van der Waals surface area contributed by atoms with Gasteiger partial charge in [-0.15, -0.1) is 0 Å². The number of rotatable bonds is 11. The molecule has 2 aromatic rings. The lowest BCUT2D eigenvalue weighted by atomic mass is 10.1. The number of unbranched alkanes of at least 4 members (excludes halogenated alkanes) is 2. The second-order valence-corrected chi connectivity index (χ2v) is 9.11. The molecule has 0 spiro atoms. The third-order valence-electron chi connectivity index (χ3n) is 4.77. The van der Waals surface area contributed by atoms with Crippen molar-refractivity contribution < 1.29 is 28.6 Å². The number of amides is 1. The fraction of sp³-hybridized carbons (Fsp3) is 0.414. The van der Waals surface area contributed by atoms with E-state index in [0.29, 0.717) is 49.8 Å². The number of nitrogens with one attached hydrogen (secondary N) is 1. The molecule has 1 N–H and O–H groups in total. The van der Waals surface area contributed by atoms with Crippen LogP contribution in [0.2, 0.25) is 0 Å². The zero-order valence-corrected chi connectivity index (χ0v) is 21.3. The predicted molar refractivity (Wildman–Crippen MR) is 137 cm³/mol. The van der Waals surface area contributed by atoms with E-state index in [-0.39, 0.29) is 12.6 Å². The summed E-state index contributed by atoms with van der Waals surface area (Å²) in [5, 5.41) is 2.72. The highest BCUT2D eigenvalue weighted by Gasteiger charge is 2.16. The first-order valence-corrected chi connectivity index (χ1v) is 12.2. The van der Waals surface area contributed by atoms with Crippen molar-refractivity contribution in [2.75, 3.05) is 13.2 Å². The maximum absolute atomic E-state index is 12.5. The molecule has 7 heteroatoms. The molecule has 0 bridgehead atoms. The average Bonchev–Trinajstić information content (AvgIpc) is 2.85. The Hall–Kier alpha value is -3.79. The van der Waals surface area contributed by atoms with Gasteiger partial charge in [0.1, 0.15) is 5.60 Å². The molecule has 36 heavy (non-hydrogen) atoms. The molecule has 0 aliphatic heterocycles. The number of alkyl carbamates (subject to hydrolysis) is 1. The Kier molecular flexibility index (Phi) is 12.1. The largest absolute Gasteiger partial charge is 0.462 e. The molecule has 1 atom stereocenters. The van der Waals surface area contributed by atoms with Crippen molar-refractivity contribution in [1.29, 1.82) is 0 Å². The minimum atomic E-state index is -0.578. The first-order chi connectivity index (χ1) is 17.2. The summed E-state index contributed by atoms with van der Waals surface area (Å²) in [7, 11) is 0. The van der Waals surface area contributed by atoms with Gasteiger partial charge in [-0.3, -0.25) is 0 Å². The van der Waals surface area contributed by atoms with Gasteiger partial charge >= 0.3 is 18.0 Å². The van der Waals surface area contributed by atoms with Crippen LogP contribution in [0, 0.1) is 11.8 Å². The van der Waals surface area contributed by atoms with Crippen LogP contribution in [0.5, 0.6) is 0 Å². The fourth-order valence-electron chi connectivity index (χ4n) is 3.06. The molecule has 1 unspecified atom stereocenters. The van der Waals surface area contributed by atoms with Gasteiger partial charge in [-0.2, -0.15) is 0 Å². The van der Waals surface area contributed by atoms with Crippen molar-refractivity contribution in [1.82, 2.24) is 5.32 Å². The minimum Gasteiger partial charge on any atom is -0.462 e. The molecule has 0 saturated carbocycles. The molecule has 2 rings (SSSR count). The van der Waals surface area contributed by atoms with E-state index < -0.39 is 23.8 Å². The number of esters is 2. The Bertz CT molecular complexity index is 1020.